The highest BCUT2D eigenvalue weighted by molar-refractivity contribution is 14.0. The summed E-state index contributed by atoms with van der Waals surface area (Å²) in [6.45, 7) is 1.20. The molecule has 1 aromatic rings. The van der Waals surface area contributed by atoms with Crippen LogP contribution in [0.5, 0.6) is 0 Å². The number of carbonyl (C=O) groups is 2. The van der Waals surface area contributed by atoms with Gasteiger partial charge in [0.1, 0.15) is 5.82 Å². The molecular formula is C16H23FIN5O2S. The summed E-state index contributed by atoms with van der Waals surface area (Å²) in [5, 5.41) is 8.68. The van der Waals surface area contributed by atoms with Gasteiger partial charge in [-0.3, -0.25) is 14.7 Å². The first-order valence-electron chi connectivity index (χ1n) is 7.84. The second-order valence-electron chi connectivity index (χ2n) is 5.40. The van der Waals surface area contributed by atoms with Crippen LogP contribution in [0.1, 0.15) is 11.1 Å². The van der Waals surface area contributed by atoms with E-state index < -0.39 is 0 Å². The molecule has 0 bridgehead atoms. The molecule has 1 aliphatic rings. The van der Waals surface area contributed by atoms with E-state index in [-0.39, 0.29) is 54.8 Å². The van der Waals surface area contributed by atoms with Gasteiger partial charge in [-0.25, -0.2) is 9.18 Å². The zero-order valence-electron chi connectivity index (χ0n) is 14.7. The van der Waals surface area contributed by atoms with Crippen molar-refractivity contribution in [3.63, 3.8) is 0 Å². The summed E-state index contributed by atoms with van der Waals surface area (Å²) < 4.78 is 13.4. The molecule has 26 heavy (non-hydrogen) atoms. The Balaban J connectivity index is 0.00000338. The lowest BCUT2D eigenvalue weighted by molar-refractivity contribution is -0.124. The summed E-state index contributed by atoms with van der Waals surface area (Å²) in [7, 11) is 1.64. The Kier molecular flexibility index (Phi) is 9.70. The third-order valence-corrected chi connectivity index (χ3v) is 4.30. The number of aliphatic imine (C=N–C) groups is 1. The van der Waals surface area contributed by atoms with E-state index >= 15 is 0 Å². The second kappa shape index (κ2) is 11.2. The number of hydrogen-bond donors (Lipinski definition) is 3. The van der Waals surface area contributed by atoms with Gasteiger partial charge in [-0.05, 0) is 29.5 Å². The van der Waals surface area contributed by atoms with Gasteiger partial charge in [0, 0.05) is 32.4 Å². The number of halogens is 2. The number of benzene rings is 1. The largest absolute Gasteiger partial charge is 0.355 e. The fourth-order valence-electron chi connectivity index (χ4n) is 2.42. The molecule has 0 saturated carbocycles. The lowest BCUT2D eigenvalue weighted by atomic mass is 10.1. The second-order valence-corrected chi connectivity index (χ2v) is 6.27. The molecule has 10 heteroatoms. The molecule has 1 fully saturated rings. The van der Waals surface area contributed by atoms with Gasteiger partial charge in [-0.2, -0.15) is 11.8 Å². The van der Waals surface area contributed by atoms with Crippen LogP contribution in [0.4, 0.5) is 9.18 Å². The number of imide groups is 1. The van der Waals surface area contributed by atoms with Gasteiger partial charge >= 0.3 is 6.03 Å². The zero-order valence-corrected chi connectivity index (χ0v) is 17.8. The topological polar surface area (TPSA) is 85.8 Å². The van der Waals surface area contributed by atoms with E-state index in [0.29, 0.717) is 19.0 Å². The van der Waals surface area contributed by atoms with Crippen LogP contribution in [0.2, 0.25) is 0 Å². The SMILES string of the molecule is CN=C(NCCN1C(=O)CNC1=O)NCc1ccc(F)cc1CSC.I. The molecule has 0 radical (unpaired) electrons. The summed E-state index contributed by atoms with van der Waals surface area (Å²) in [6, 6.07) is 4.37. The Morgan fingerprint density at radius 2 is 2.12 bits per heavy atom. The quantitative estimate of drug-likeness (QED) is 0.231. The highest BCUT2D eigenvalue weighted by atomic mass is 127. The van der Waals surface area contributed by atoms with Crippen molar-refractivity contribution in [1.82, 2.24) is 20.9 Å². The first-order valence-corrected chi connectivity index (χ1v) is 9.23. The highest BCUT2D eigenvalue weighted by Crippen LogP contribution is 2.16. The Bertz CT molecular complexity index is 658. The van der Waals surface area contributed by atoms with E-state index in [1.54, 1.807) is 30.9 Å². The number of hydrogen-bond acceptors (Lipinski definition) is 4. The molecular weight excluding hydrogens is 472 g/mol. The normalized spacial score (nSPS) is 14.1. The molecule has 0 aromatic heterocycles. The number of nitrogens with zero attached hydrogens (tertiary/aromatic N) is 2. The van der Waals surface area contributed by atoms with Crippen LogP contribution in [-0.4, -0.2) is 55.7 Å². The molecule has 3 amide bonds. The van der Waals surface area contributed by atoms with Gasteiger partial charge in [-0.1, -0.05) is 6.07 Å². The molecule has 3 N–H and O–H groups in total. The minimum atomic E-state index is -0.372. The van der Waals surface area contributed by atoms with Gasteiger partial charge in [0.05, 0.1) is 6.54 Å². The van der Waals surface area contributed by atoms with E-state index in [2.05, 4.69) is 20.9 Å². The minimum Gasteiger partial charge on any atom is -0.355 e. The smallest absolute Gasteiger partial charge is 0.324 e. The third-order valence-electron chi connectivity index (χ3n) is 3.70. The maximum absolute atomic E-state index is 13.4. The third kappa shape index (κ3) is 6.31. The van der Waals surface area contributed by atoms with Crippen molar-refractivity contribution in [3.05, 3.63) is 35.1 Å². The maximum atomic E-state index is 13.4. The lowest BCUT2D eigenvalue weighted by Gasteiger charge is -2.16. The average molecular weight is 495 g/mol. The number of thioether (sulfide) groups is 1. The van der Waals surface area contributed by atoms with Crippen LogP contribution in [0.15, 0.2) is 23.2 Å². The summed E-state index contributed by atoms with van der Waals surface area (Å²) in [5.41, 5.74) is 1.93. The molecule has 7 nitrogen and oxygen atoms in total. The predicted octanol–water partition coefficient (Wildman–Crippen LogP) is 1.52. The molecule has 1 saturated heterocycles. The van der Waals surface area contributed by atoms with Crippen molar-refractivity contribution in [2.45, 2.75) is 12.3 Å². The molecule has 2 rings (SSSR count). The fourth-order valence-corrected chi connectivity index (χ4v) is 3.00. The van der Waals surface area contributed by atoms with Crippen LogP contribution in [0, 0.1) is 5.82 Å². The average Bonchev–Trinajstić information content (AvgIpc) is 2.91. The molecule has 0 aliphatic carbocycles. The minimum absolute atomic E-state index is 0. The van der Waals surface area contributed by atoms with Gasteiger partial charge in [0.2, 0.25) is 5.91 Å². The number of urea groups is 1. The number of guanidine groups is 1. The van der Waals surface area contributed by atoms with E-state index in [4.69, 9.17) is 0 Å². The zero-order chi connectivity index (χ0) is 18.2. The Labute approximate surface area is 173 Å². The van der Waals surface area contributed by atoms with Crippen LogP contribution < -0.4 is 16.0 Å². The van der Waals surface area contributed by atoms with Crippen molar-refractivity contribution >= 4 is 53.6 Å². The van der Waals surface area contributed by atoms with E-state index in [1.807, 2.05) is 6.26 Å². The molecule has 1 aliphatic heterocycles. The van der Waals surface area contributed by atoms with Crippen LogP contribution >= 0.6 is 35.7 Å². The van der Waals surface area contributed by atoms with Gasteiger partial charge in [0.25, 0.3) is 0 Å². The van der Waals surface area contributed by atoms with Crippen molar-refractivity contribution in [2.75, 3.05) is 32.9 Å². The summed E-state index contributed by atoms with van der Waals surface area (Å²) >= 11 is 1.63. The molecule has 0 atom stereocenters. The molecule has 1 heterocycles. The molecule has 0 unspecified atom stereocenters. The van der Waals surface area contributed by atoms with E-state index in [1.165, 1.54) is 6.07 Å². The van der Waals surface area contributed by atoms with Crippen molar-refractivity contribution < 1.29 is 14.0 Å². The molecule has 0 spiro atoms. The molecule has 144 valence electrons. The summed E-state index contributed by atoms with van der Waals surface area (Å²) in [5.74, 6) is 0.797. The van der Waals surface area contributed by atoms with Gasteiger partial charge in [0.15, 0.2) is 5.96 Å². The van der Waals surface area contributed by atoms with Gasteiger partial charge in [-0.15, -0.1) is 24.0 Å². The van der Waals surface area contributed by atoms with Gasteiger partial charge < -0.3 is 16.0 Å². The Morgan fingerprint density at radius 1 is 1.35 bits per heavy atom. The maximum Gasteiger partial charge on any atom is 0.324 e. The summed E-state index contributed by atoms with van der Waals surface area (Å²) in [6.07, 6.45) is 1.97. The highest BCUT2D eigenvalue weighted by Gasteiger charge is 2.27. The van der Waals surface area contributed by atoms with Crippen LogP contribution in [0.25, 0.3) is 0 Å². The van der Waals surface area contributed by atoms with Crippen molar-refractivity contribution in [1.29, 1.82) is 0 Å². The van der Waals surface area contributed by atoms with Crippen molar-refractivity contribution in [2.24, 2.45) is 4.99 Å². The van der Waals surface area contributed by atoms with Crippen LogP contribution in [0.3, 0.4) is 0 Å². The van der Waals surface area contributed by atoms with Crippen molar-refractivity contribution in [3.8, 4) is 0 Å². The first kappa shape index (κ1) is 22.5. The standard InChI is InChI=1S/C16H22FN5O2S.HI/c1-18-15(19-5-6-22-14(23)9-21-16(22)24)20-8-11-3-4-13(17)7-12(11)10-25-2;/h3-4,7H,5-6,8-10H2,1-2H3,(H,21,24)(H2,18,19,20);1H. The summed E-state index contributed by atoms with van der Waals surface area (Å²) in [4.78, 5) is 28.2. The predicted molar refractivity (Wildman–Crippen MR) is 112 cm³/mol. The number of nitrogens with one attached hydrogen (secondary N) is 3. The monoisotopic (exact) mass is 495 g/mol. The fraction of sp³-hybridized carbons (Fsp3) is 0.438. The van der Waals surface area contributed by atoms with E-state index in [0.717, 1.165) is 21.8 Å². The lowest BCUT2D eigenvalue weighted by Crippen LogP contribution is -2.43. The first-order chi connectivity index (χ1) is 12.0. The Morgan fingerprint density at radius 3 is 2.73 bits per heavy atom. The Hall–Kier alpha value is -1.56. The number of carbonyl (C=O) groups excluding carboxylic acids is 2. The van der Waals surface area contributed by atoms with E-state index in [9.17, 15) is 14.0 Å². The number of rotatable bonds is 7. The van der Waals surface area contributed by atoms with Crippen LogP contribution in [-0.2, 0) is 17.1 Å². The molecule has 1 aromatic carbocycles. The number of amides is 3.